The van der Waals surface area contributed by atoms with Gasteiger partial charge in [0.1, 0.15) is 11.3 Å². The van der Waals surface area contributed by atoms with Crippen molar-refractivity contribution < 1.29 is 9.63 Å². The maximum Gasteiger partial charge on any atom is 0.278 e. The van der Waals surface area contributed by atoms with Gasteiger partial charge in [-0.2, -0.15) is 4.98 Å². The molecule has 0 bridgehead atoms. The summed E-state index contributed by atoms with van der Waals surface area (Å²) < 4.78 is 5.40. The second-order valence-electron chi connectivity index (χ2n) is 8.13. The van der Waals surface area contributed by atoms with E-state index >= 15 is 0 Å². The molecule has 1 atom stereocenters. The lowest BCUT2D eigenvalue weighted by atomic mass is 9.97. The molecular formula is C23H25N5O2. The second kappa shape index (κ2) is 8.74. The number of hydrogen-bond donors (Lipinski definition) is 1. The van der Waals surface area contributed by atoms with Gasteiger partial charge in [-0.15, -0.1) is 0 Å². The van der Waals surface area contributed by atoms with Crippen LogP contribution in [0.5, 0.6) is 0 Å². The third-order valence-electron chi connectivity index (χ3n) is 4.97. The molecule has 1 fully saturated rings. The summed E-state index contributed by atoms with van der Waals surface area (Å²) >= 11 is 0. The molecule has 0 radical (unpaired) electrons. The fraction of sp³-hybridized carbons (Fsp3) is 0.391. The third kappa shape index (κ3) is 5.29. The largest absolute Gasteiger partial charge is 0.378 e. The van der Waals surface area contributed by atoms with Crippen molar-refractivity contribution in [1.29, 1.82) is 0 Å². The molecule has 2 aromatic heterocycles. The smallest absolute Gasteiger partial charge is 0.278 e. The van der Waals surface area contributed by atoms with E-state index in [1.165, 1.54) is 5.56 Å². The van der Waals surface area contributed by atoms with Crippen LogP contribution in [0.25, 0.3) is 11.6 Å². The average molecular weight is 403 g/mol. The zero-order valence-electron chi connectivity index (χ0n) is 17.2. The standard InChI is InChI=1S/C23H25N5O2/c1-23(2,29)10-9-17-5-7-18(8-6-17)15-28-13-3-4-19(16-28)21-26-22(30-27-21)20-14-24-11-12-25-20/h5-8,11-12,14,19,29H,3-4,13,15-16H2,1-2H3. The van der Waals surface area contributed by atoms with Gasteiger partial charge < -0.3 is 9.63 Å². The Hall–Kier alpha value is -3.08. The van der Waals surface area contributed by atoms with Crippen LogP contribution in [0.2, 0.25) is 0 Å². The van der Waals surface area contributed by atoms with Crippen LogP contribution in [0.1, 0.15) is 49.6 Å². The van der Waals surface area contributed by atoms with E-state index in [0.29, 0.717) is 11.6 Å². The first-order valence-electron chi connectivity index (χ1n) is 10.1. The fourth-order valence-electron chi connectivity index (χ4n) is 3.50. The summed E-state index contributed by atoms with van der Waals surface area (Å²) in [6.45, 7) is 6.16. The van der Waals surface area contributed by atoms with Crippen molar-refractivity contribution >= 4 is 0 Å². The normalized spacial score (nSPS) is 17.4. The molecule has 1 N–H and O–H groups in total. The van der Waals surface area contributed by atoms with Gasteiger partial charge in [0.15, 0.2) is 5.82 Å². The Morgan fingerprint density at radius 3 is 2.80 bits per heavy atom. The Balaban J connectivity index is 1.39. The number of likely N-dealkylation sites (tertiary alicyclic amines) is 1. The number of aliphatic hydroxyl groups is 1. The summed E-state index contributed by atoms with van der Waals surface area (Å²) in [7, 11) is 0. The van der Waals surface area contributed by atoms with Gasteiger partial charge in [-0.25, -0.2) is 4.98 Å². The molecule has 0 aliphatic carbocycles. The molecule has 7 nitrogen and oxygen atoms in total. The Kier molecular flexibility index (Phi) is 5.88. The van der Waals surface area contributed by atoms with Crippen LogP contribution < -0.4 is 0 Å². The number of aromatic nitrogens is 4. The van der Waals surface area contributed by atoms with E-state index in [-0.39, 0.29) is 5.92 Å². The van der Waals surface area contributed by atoms with Crippen molar-refractivity contribution in [2.24, 2.45) is 0 Å². The lowest BCUT2D eigenvalue weighted by Gasteiger charge is -2.31. The van der Waals surface area contributed by atoms with E-state index in [0.717, 1.165) is 43.9 Å². The molecule has 0 spiro atoms. The lowest BCUT2D eigenvalue weighted by Crippen LogP contribution is -2.34. The summed E-state index contributed by atoms with van der Waals surface area (Å²) in [5, 5.41) is 13.9. The van der Waals surface area contributed by atoms with E-state index in [1.807, 2.05) is 12.1 Å². The molecule has 1 aliphatic heterocycles. The lowest BCUT2D eigenvalue weighted by molar-refractivity contribution is 0.143. The highest BCUT2D eigenvalue weighted by molar-refractivity contribution is 5.43. The summed E-state index contributed by atoms with van der Waals surface area (Å²) in [5.74, 6) is 7.24. The molecular weight excluding hydrogens is 378 g/mol. The minimum atomic E-state index is -0.983. The number of benzene rings is 1. The van der Waals surface area contributed by atoms with Crippen LogP contribution in [-0.4, -0.2) is 48.8 Å². The van der Waals surface area contributed by atoms with Gasteiger partial charge in [0.2, 0.25) is 0 Å². The summed E-state index contributed by atoms with van der Waals surface area (Å²) in [6.07, 6.45) is 6.99. The first-order chi connectivity index (χ1) is 14.5. The predicted octanol–water partition coefficient (Wildman–Crippen LogP) is 3.03. The molecule has 1 aliphatic rings. The first-order valence-corrected chi connectivity index (χ1v) is 10.1. The second-order valence-corrected chi connectivity index (χ2v) is 8.13. The van der Waals surface area contributed by atoms with E-state index in [1.54, 1.807) is 32.4 Å². The Morgan fingerprint density at radius 2 is 2.07 bits per heavy atom. The summed E-state index contributed by atoms with van der Waals surface area (Å²) in [6, 6.07) is 8.20. The molecule has 0 saturated carbocycles. The number of nitrogens with zero attached hydrogens (tertiary/aromatic N) is 5. The Labute approximate surface area is 176 Å². The van der Waals surface area contributed by atoms with Crippen LogP contribution in [-0.2, 0) is 6.54 Å². The summed E-state index contributed by atoms with van der Waals surface area (Å²) in [5.41, 5.74) is 1.75. The van der Waals surface area contributed by atoms with Gasteiger partial charge in [0.05, 0.1) is 6.20 Å². The molecule has 1 unspecified atom stereocenters. The van der Waals surface area contributed by atoms with Gasteiger partial charge >= 0.3 is 0 Å². The van der Waals surface area contributed by atoms with E-state index in [2.05, 4.69) is 49.0 Å². The van der Waals surface area contributed by atoms with Gasteiger partial charge in [-0.05, 0) is 50.9 Å². The average Bonchev–Trinajstić information content (AvgIpc) is 3.24. The molecule has 30 heavy (non-hydrogen) atoms. The van der Waals surface area contributed by atoms with Crippen LogP contribution in [0, 0.1) is 11.8 Å². The highest BCUT2D eigenvalue weighted by atomic mass is 16.5. The topological polar surface area (TPSA) is 88.2 Å². The van der Waals surface area contributed by atoms with Crippen molar-refractivity contribution in [3.8, 4) is 23.4 Å². The van der Waals surface area contributed by atoms with Gasteiger partial charge in [-0.3, -0.25) is 9.88 Å². The quantitative estimate of drug-likeness (QED) is 0.670. The maximum absolute atomic E-state index is 9.73. The molecule has 3 heterocycles. The number of piperidine rings is 1. The predicted molar refractivity (Wildman–Crippen MR) is 112 cm³/mol. The van der Waals surface area contributed by atoms with Crippen LogP contribution in [0.3, 0.4) is 0 Å². The molecule has 4 rings (SSSR count). The molecule has 1 aromatic carbocycles. The van der Waals surface area contributed by atoms with E-state index < -0.39 is 5.60 Å². The molecule has 1 saturated heterocycles. The Bertz CT molecular complexity index is 1030. The maximum atomic E-state index is 9.73. The molecule has 7 heteroatoms. The van der Waals surface area contributed by atoms with E-state index in [9.17, 15) is 5.11 Å². The van der Waals surface area contributed by atoms with Crippen molar-refractivity contribution in [2.75, 3.05) is 13.1 Å². The number of hydrogen-bond acceptors (Lipinski definition) is 7. The van der Waals surface area contributed by atoms with Crippen LogP contribution in [0.4, 0.5) is 0 Å². The highest BCUT2D eigenvalue weighted by Gasteiger charge is 2.26. The van der Waals surface area contributed by atoms with Crippen LogP contribution >= 0.6 is 0 Å². The third-order valence-corrected chi connectivity index (χ3v) is 4.97. The van der Waals surface area contributed by atoms with Crippen molar-refractivity contribution in [2.45, 2.75) is 44.8 Å². The SMILES string of the molecule is CC(C)(O)C#Cc1ccc(CN2CCCC(c3noc(-c4cnccn4)n3)C2)cc1. The molecule has 154 valence electrons. The van der Waals surface area contributed by atoms with E-state index in [4.69, 9.17) is 4.52 Å². The first kappa shape index (κ1) is 20.2. The number of rotatable bonds is 4. The monoisotopic (exact) mass is 403 g/mol. The minimum absolute atomic E-state index is 0.241. The summed E-state index contributed by atoms with van der Waals surface area (Å²) in [4.78, 5) is 15.2. The zero-order valence-corrected chi connectivity index (χ0v) is 17.2. The Morgan fingerprint density at radius 1 is 1.23 bits per heavy atom. The van der Waals surface area contributed by atoms with Crippen molar-refractivity contribution in [3.05, 3.63) is 59.8 Å². The van der Waals surface area contributed by atoms with Crippen molar-refractivity contribution in [1.82, 2.24) is 25.0 Å². The highest BCUT2D eigenvalue weighted by Crippen LogP contribution is 2.27. The minimum Gasteiger partial charge on any atom is -0.378 e. The van der Waals surface area contributed by atoms with Crippen LogP contribution in [0.15, 0.2) is 47.4 Å². The van der Waals surface area contributed by atoms with Gasteiger partial charge in [0, 0.05) is 37.0 Å². The fourth-order valence-corrected chi connectivity index (χ4v) is 3.50. The van der Waals surface area contributed by atoms with Gasteiger partial charge in [-0.1, -0.05) is 29.1 Å². The zero-order chi connectivity index (χ0) is 21.0. The van der Waals surface area contributed by atoms with Crippen molar-refractivity contribution in [3.63, 3.8) is 0 Å². The molecule has 0 amide bonds. The molecule has 3 aromatic rings. The van der Waals surface area contributed by atoms with Gasteiger partial charge in [0.25, 0.3) is 5.89 Å².